The van der Waals surface area contributed by atoms with Gasteiger partial charge in [0.25, 0.3) is 0 Å². The fraction of sp³-hybridized carbons (Fsp3) is 0.583. The van der Waals surface area contributed by atoms with Crippen LogP contribution in [0.5, 0.6) is 5.75 Å². The predicted octanol–water partition coefficient (Wildman–Crippen LogP) is 2.23. The number of hydrogen-bond donors (Lipinski definition) is 1. The predicted molar refractivity (Wildman–Crippen MR) is 61.9 cm³/mol. The van der Waals surface area contributed by atoms with E-state index in [-0.39, 0.29) is 19.8 Å². The van der Waals surface area contributed by atoms with E-state index in [0.29, 0.717) is 17.9 Å². The quantitative estimate of drug-likeness (QED) is 0.778. The second-order valence-electron chi connectivity index (χ2n) is 3.93. The van der Waals surface area contributed by atoms with Crippen LogP contribution in [0.2, 0.25) is 0 Å². The highest BCUT2D eigenvalue weighted by Crippen LogP contribution is 2.17. The van der Waals surface area contributed by atoms with Crippen molar-refractivity contribution in [1.82, 2.24) is 4.98 Å². The van der Waals surface area contributed by atoms with Gasteiger partial charge in [0.1, 0.15) is 18.1 Å². The summed E-state index contributed by atoms with van der Waals surface area (Å²) in [6.07, 6.45) is -3.97. The lowest BCUT2D eigenvalue weighted by atomic mass is 10.3. The van der Waals surface area contributed by atoms with E-state index in [4.69, 9.17) is 9.84 Å². The maximum absolute atomic E-state index is 11.8. The van der Waals surface area contributed by atoms with Crippen molar-refractivity contribution in [1.29, 1.82) is 0 Å². The van der Waals surface area contributed by atoms with Gasteiger partial charge in [-0.1, -0.05) is 0 Å². The van der Waals surface area contributed by atoms with Gasteiger partial charge < -0.3 is 14.6 Å². The van der Waals surface area contributed by atoms with Crippen LogP contribution < -0.4 is 4.74 Å². The second-order valence-corrected chi connectivity index (χ2v) is 3.93. The minimum absolute atomic E-state index is 0.0345. The van der Waals surface area contributed by atoms with Crippen LogP contribution in [0.15, 0.2) is 12.1 Å². The monoisotopic (exact) mass is 279 g/mol. The molecule has 1 heterocycles. The van der Waals surface area contributed by atoms with Gasteiger partial charge in [-0.15, -0.1) is 0 Å². The zero-order chi connectivity index (χ0) is 14.3. The van der Waals surface area contributed by atoms with Crippen molar-refractivity contribution >= 4 is 0 Å². The minimum atomic E-state index is -4.30. The lowest BCUT2D eigenvalue weighted by Crippen LogP contribution is -2.18. The average Bonchev–Trinajstić information content (AvgIpc) is 2.33. The van der Waals surface area contributed by atoms with Crippen molar-refractivity contribution in [2.24, 2.45) is 0 Å². The van der Waals surface area contributed by atoms with Crippen LogP contribution in [0, 0.1) is 6.92 Å². The molecule has 0 saturated heterocycles. The van der Waals surface area contributed by atoms with Crippen LogP contribution in [0.25, 0.3) is 0 Å². The van der Waals surface area contributed by atoms with Crippen LogP contribution in [0.1, 0.15) is 17.8 Å². The van der Waals surface area contributed by atoms with Crippen molar-refractivity contribution in [3.05, 3.63) is 23.5 Å². The number of halogens is 3. The summed E-state index contributed by atoms with van der Waals surface area (Å²) in [6, 6.07) is 3.40. The van der Waals surface area contributed by atoms with Crippen LogP contribution in [-0.2, 0) is 11.3 Å². The van der Waals surface area contributed by atoms with Crippen LogP contribution in [0.3, 0.4) is 0 Å². The van der Waals surface area contributed by atoms with Crippen molar-refractivity contribution in [3.63, 3.8) is 0 Å². The van der Waals surface area contributed by atoms with Gasteiger partial charge in [0.2, 0.25) is 0 Å². The summed E-state index contributed by atoms with van der Waals surface area (Å²) in [5.74, 6) is 0.434. The summed E-state index contributed by atoms with van der Waals surface area (Å²) in [7, 11) is 0. The fourth-order valence-electron chi connectivity index (χ4n) is 1.37. The first-order chi connectivity index (χ1) is 8.92. The Hall–Kier alpha value is -1.34. The number of alkyl halides is 3. The van der Waals surface area contributed by atoms with Crippen molar-refractivity contribution in [3.8, 4) is 5.75 Å². The molecule has 1 aromatic rings. The molecule has 0 spiro atoms. The summed E-state index contributed by atoms with van der Waals surface area (Å²) < 4.78 is 45.1. The summed E-state index contributed by atoms with van der Waals surface area (Å²) in [5.41, 5.74) is 1.17. The fourth-order valence-corrected chi connectivity index (χ4v) is 1.37. The van der Waals surface area contributed by atoms with Gasteiger partial charge in [-0.25, -0.2) is 0 Å². The Labute approximate surface area is 109 Å². The standard InChI is InChI=1S/C12H16F3NO3/c1-9-3-4-11(10(7-17)16-9)19-6-2-5-18-8-12(13,14)15/h3-4,17H,2,5-8H2,1H3. The Balaban J connectivity index is 2.26. The molecule has 1 N–H and O–H groups in total. The highest BCUT2D eigenvalue weighted by molar-refractivity contribution is 5.28. The average molecular weight is 279 g/mol. The number of pyridine rings is 1. The number of aliphatic hydroxyl groups excluding tert-OH is 1. The zero-order valence-corrected chi connectivity index (χ0v) is 10.5. The van der Waals surface area contributed by atoms with Gasteiger partial charge in [-0.05, 0) is 19.1 Å². The lowest BCUT2D eigenvalue weighted by Gasteiger charge is -2.11. The first kappa shape index (κ1) is 15.7. The molecule has 0 amide bonds. The summed E-state index contributed by atoms with van der Waals surface area (Å²) in [5, 5.41) is 9.08. The number of ether oxygens (including phenoxy) is 2. The van der Waals surface area contributed by atoms with E-state index in [1.807, 2.05) is 0 Å². The Kier molecular flexibility index (Phi) is 6.04. The number of aromatic nitrogens is 1. The third-order valence-electron chi connectivity index (χ3n) is 2.18. The molecule has 0 aliphatic carbocycles. The van der Waals surface area contributed by atoms with Crippen molar-refractivity contribution in [2.45, 2.75) is 26.1 Å². The normalized spacial score (nSPS) is 11.6. The van der Waals surface area contributed by atoms with Gasteiger partial charge in [-0.2, -0.15) is 13.2 Å². The lowest BCUT2D eigenvalue weighted by molar-refractivity contribution is -0.174. The first-order valence-electron chi connectivity index (χ1n) is 5.77. The third-order valence-corrected chi connectivity index (χ3v) is 2.18. The molecule has 0 radical (unpaired) electrons. The Morgan fingerprint density at radius 1 is 1.26 bits per heavy atom. The highest BCUT2D eigenvalue weighted by atomic mass is 19.4. The molecule has 0 saturated carbocycles. The molecule has 108 valence electrons. The Morgan fingerprint density at radius 2 is 2.00 bits per heavy atom. The van der Waals surface area contributed by atoms with E-state index in [1.54, 1.807) is 19.1 Å². The molecule has 1 aromatic heterocycles. The smallest absolute Gasteiger partial charge is 0.411 e. The molecule has 1 rings (SSSR count). The molecular weight excluding hydrogens is 263 g/mol. The minimum Gasteiger partial charge on any atom is -0.491 e. The third kappa shape index (κ3) is 6.40. The van der Waals surface area contributed by atoms with Gasteiger partial charge in [0.05, 0.1) is 19.8 Å². The van der Waals surface area contributed by atoms with E-state index in [0.717, 1.165) is 5.69 Å². The molecular formula is C12H16F3NO3. The molecule has 0 atom stereocenters. The van der Waals surface area contributed by atoms with Gasteiger partial charge in [0, 0.05) is 12.1 Å². The van der Waals surface area contributed by atoms with E-state index < -0.39 is 12.8 Å². The van der Waals surface area contributed by atoms with Crippen LogP contribution in [0.4, 0.5) is 13.2 Å². The SMILES string of the molecule is Cc1ccc(OCCCOCC(F)(F)F)c(CO)n1. The molecule has 0 aliphatic rings. The number of hydrogen-bond acceptors (Lipinski definition) is 4. The van der Waals surface area contributed by atoms with E-state index in [9.17, 15) is 13.2 Å². The van der Waals surface area contributed by atoms with Crippen LogP contribution in [-0.4, -0.2) is 36.1 Å². The molecule has 19 heavy (non-hydrogen) atoms. The van der Waals surface area contributed by atoms with Crippen LogP contribution >= 0.6 is 0 Å². The molecule has 0 fully saturated rings. The number of rotatable bonds is 7. The molecule has 0 aliphatic heterocycles. The molecule has 0 unspecified atom stereocenters. The number of aliphatic hydroxyl groups is 1. The van der Waals surface area contributed by atoms with E-state index >= 15 is 0 Å². The highest BCUT2D eigenvalue weighted by Gasteiger charge is 2.27. The number of nitrogens with zero attached hydrogens (tertiary/aromatic N) is 1. The van der Waals surface area contributed by atoms with Gasteiger partial charge in [0.15, 0.2) is 0 Å². The molecule has 4 nitrogen and oxygen atoms in total. The molecule has 0 aromatic carbocycles. The van der Waals surface area contributed by atoms with Gasteiger partial charge >= 0.3 is 6.18 Å². The topological polar surface area (TPSA) is 51.6 Å². The van der Waals surface area contributed by atoms with Crippen molar-refractivity contribution in [2.75, 3.05) is 19.8 Å². The zero-order valence-electron chi connectivity index (χ0n) is 10.5. The Bertz CT molecular complexity index is 396. The molecule has 0 bridgehead atoms. The summed E-state index contributed by atoms with van der Waals surface area (Å²) in [4.78, 5) is 4.08. The number of aryl methyl sites for hydroxylation is 1. The maximum Gasteiger partial charge on any atom is 0.411 e. The van der Waals surface area contributed by atoms with E-state index in [2.05, 4.69) is 9.72 Å². The van der Waals surface area contributed by atoms with Gasteiger partial charge in [-0.3, -0.25) is 4.98 Å². The maximum atomic E-state index is 11.8. The first-order valence-corrected chi connectivity index (χ1v) is 5.77. The van der Waals surface area contributed by atoms with Crippen molar-refractivity contribution < 1.29 is 27.8 Å². The summed E-state index contributed by atoms with van der Waals surface area (Å²) in [6.45, 7) is 0.458. The Morgan fingerprint density at radius 3 is 2.63 bits per heavy atom. The van der Waals surface area contributed by atoms with E-state index in [1.165, 1.54) is 0 Å². The second kappa shape index (κ2) is 7.30. The largest absolute Gasteiger partial charge is 0.491 e. The molecule has 7 heteroatoms. The summed E-state index contributed by atoms with van der Waals surface area (Å²) >= 11 is 0.